The summed E-state index contributed by atoms with van der Waals surface area (Å²) < 4.78 is 18.7. The maximum atomic E-state index is 13.4. The molecule has 0 spiro atoms. The van der Waals surface area contributed by atoms with Crippen LogP contribution in [-0.4, -0.2) is 83.6 Å². The van der Waals surface area contributed by atoms with Crippen molar-refractivity contribution >= 4 is 17.5 Å². The number of amides is 1. The Kier molecular flexibility index (Phi) is 18.3. The summed E-state index contributed by atoms with van der Waals surface area (Å²) in [4.78, 5) is 25.2. The fourth-order valence-electron chi connectivity index (χ4n) is 7.03. The lowest BCUT2D eigenvalue weighted by Gasteiger charge is -2.49. The number of allylic oxidation sites excluding steroid dienone is 5. The Morgan fingerprint density at radius 3 is 2.48 bits per heavy atom. The van der Waals surface area contributed by atoms with Crippen LogP contribution >= 0.6 is 0 Å². The van der Waals surface area contributed by atoms with Gasteiger partial charge >= 0.3 is 0 Å². The van der Waals surface area contributed by atoms with Gasteiger partial charge in [-0.15, -0.1) is 0 Å². The molecule has 1 amide bonds. The van der Waals surface area contributed by atoms with E-state index in [1.54, 1.807) is 26.2 Å². The average Bonchev–Trinajstić information content (AvgIpc) is 3.04. The first-order chi connectivity index (χ1) is 23.5. The van der Waals surface area contributed by atoms with Gasteiger partial charge in [0.05, 0.1) is 36.4 Å². The molecule has 2 heterocycles. The van der Waals surface area contributed by atoms with Crippen LogP contribution in [0.15, 0.2) is 48.6 Å². The summed E-state index contributed by atoms with van der Waals surface area (Å²) in [6, 6.07) is 0. The van der Waals surface area contributed by atoms with Crippen molar-refractivity contribution in [2.45, 2.75) is 154 Å². The molecule has 0 aliphatic carbocycles. The number of rotatable bonds is 21. The summed E-state index contributed by atoms with van der Waals surface area (Å²) in [5.74, 6) is -0.184. The maximum absolute atomic E-state index is 13.4. The minimum absolute atomic E-state index is 0.107. The van der Waals surface area contributed by atoms with E-state index in [0.29, 0.717) is 38.6 Å². The van der Waals surface area contributed by atoms with Gasteiger partial charge in [0.15, 0.2) is 5.78 Å². The quantitative estimate of drug-likeness (QED) is 0.0239. The second-order valence-corrected chi connectivity index (χ2v) is 15.4. The molecule has 2 rings (SSSR count). The molecule has 0 bridgehead atoms. The van der Waals surface area contributed by atoms with Crippen LogP contribution in [0.1, 0.15) is 112 Å². The first-order valence-electron chi connectivity index (χ1n) is 18.5. The van der Waals surface area contributed by atoms with Gasteiger partial charge in [0.2, 0.25) is 5.91 Å². The lowest BCUT2D eigenvalue weighted by atomic mass is 9.72. The molecule has 284 valence electrons. The van der Waals surface area contributed by atoms with Crippen LogP contribution in [0.2, 0.25) is 0 Å². The van der Waals surface area contributed by atoms with Gasteiger partial charge in [-0.1, -0.05) is 76.6 Å². The first kappa shape index (κ1) is 43.5. The van der Waals surface area contributed by atoms with E-state index < -0.39 is 17.8 Å². The number of nitrogens with one attached hydrogen (secondary N) is 2. The fraction of sp³-hybridized carbons (Fsp3) is 0.725. The van der Waals surface area contributed by atoms with Crippen LogP contribution in [-0.2, 0) is 23.8 Å². The van der Waals surface area contributed by atoms with Crippen molar-refractivity contribution in [3.05, 3.63) is 48.6 Å². The lowest BCUT2D eigenvalue weighted by molar-refractivity contribution is -0.204. The monoisotopic (exact) mass is 701 g/mol. The minimum Gasteiger partial charge on any atom is -0.393 e. The summed E-state index contributed by atoms with van der Waals surface area (Å²) in [7, 11) is 1.70. The van der Waals surface area contributed by atoms with Crippen molar-refractivity contribution in [2.75, 3.05) is 13.7 Å². The molecule has 0 aromatic rings. The van der Waals surface area contributed by atoms with E-state index in [2.05, 4.69) is 32.7 Å². The predicted octanol–water partition coefficient (Wildman–Crippen LogP) is 6.10. The van der Waals surface area contributed by atoms with E-state index >= 15 is 0 Å². The van der Waals surface area contributed by atoms with Crippen LogP contribution in [0, 0.1) is 22.7 Å². The Balaban J connectivity index is 1.80. The zero-order chi connectivity index (χ0) is 37.5. The van der Waals surface area contributed by atoms with Crippen LogP contribution < -0.4 is 11.1 Å². The van der Waals surface area contributed by atoms with Gasteiger partial charge in [-0.2, -0.15) is 0 Å². The molecule has 2 aliphatic rings. The second kappa shape index (κ2) is 21.0. The number of methoxy groups -OCH3 is 1. The van der Waals surface area contributed by atoms with Gasteiger partial charge < -0.3 is 35.5 Å². The SMILES string of the molecule is C=C1C[C@](C)([C@H](O)C(=O)C[C@@H](C)[C@@H]2C[C@@H](OC)C(C)(C)[C@@H](C[C@H](O)CCC/C=C/C=C/C=C/C(=O)NCCCCCC(=N)N)O2)O[C@H](C)[C@@H]1C. The molecule has 2 fully saturated rings. The number of carbonyl (C=O) groups excluding carboxylic acids is 2. The molecule has 0 aromatic carbocycles. The Morgan fingerprint density at radius 2 is 1.82 bits per heavy atom. The summed E-state index contributed by atoms with van der Waals surface area (Å²) >= 11 is 0. The smallest absolute Gasteiger partial charge is 0.243 e. The maximum Gasteiger partial charge on any atom is 0.243 e. The molecular weight excluding hydrogens is 634 g/mol. The summed E-state index contributed by atoms with van der Waals surface area (Å²) in [6.07, 6.45) is 15.5. The van der Waals surface area contributed by atoms with E-state index in [0.717, 1.165) is 37.7 Å². The predicted molar refractivity (Wildman–Crippen MR) is 200 cm³/mol. The Morgan fingerprint density at radius 1 is 1.12 bits per heavy atom. The van der Waals surface area contributed by atoms with Crippen molar-refractivity contribution in [2.24, 2.45) is 23.0 Å². The van der Waals surface area contributed by atoms with Crippen molar-refractivity contribution < 1.29 is 34.0 Å². The highest BCUT2D eigenvalue weighted by Crippen LogP contribution is 2.43. The van der Waals surface area contributed by atoms with Crippen LogP contribution in [0.5, 0.6) is 0 Å². The van der Waals surface area contributed by atoms with Gasteiger partial charge in [-0.25, -0.2) is 0 Å². The molecule has 10 nitrogen and oxygen atoms in total. The normalized spacial score (nSPS) is 29.0. The number of unbranched alkanes of at least 4 members (excludes halogenated alkanes) is 3. The molecule has 0 saturated carbocycles. The number of aliphatic hydroxyl groups excluding tert-OH is 2. The zero-order valence-electron chi connectivity index (χ0n) is 31.8. The molecule has 50 heavy (non-hydrogen) atoms. The van der Waals surface area contributed by atoms with Gasteiger partial charge in [-0.3, -0.25) is 15.0 Å². The van der Waals surface area contributed by atoms with Crippen molar-refractivity contribution in [1.82, 2.24) is 5.32 Å². The summed E-state index contributed by atoms with van der Waals surface area (Å²) in [5, 5.41) is 32.2. The highest BCUT2D eigenvalue weighted by Gasteiger charge is 2.49. The van der Waals surface area contributed by atoms with Gasteiger partial charge in [0, 0.05) is 63.2 Å². The number of carbonyl (C=O) groups is 2. The highest BCUT2D eigenvalue weighted by molar-refractivity contribution is 5.87. The van der Waals surface area contributed by atoms with E-state index in [-0.39, 0.29) is 65.6 Å². The number of hydrogen-bond acceptors (Lipinski definition) is 8. The third-order valence-electron chi connectivity index (χ3n) is 10.7. The second-order valence-electron chi connectivity index (χ2n) is 15.4. The van der Waals surface area contributed by atoms with Crippen LogP contribution in [0.25, 0.3) is 0 Å². The Hall–Kier alpha value is -2.63. The van der Waals surface area contributed by atoms with Crippen LogP contribution in [0.3, 0.4) is 0 Å². The van der Waals surface area contributed by atoms with E-state index in [4.69, 9.17) is 25.4 Å². The number of Topliss-reactive ketones (excluding diaryl/α,β-unsaturated/α-hetero) is 1. The Labute approximate surface area is 301 Å². The number of nitrogens with two attached hydrogens (primary N) is 1. The molecular formula is C40H67N3O7. The fourth-order valence-corrected chi connectivity index (χ4v) is 7.03. The summed E-state index contributed by atoms with van der Waals surface area (Å²) in [5.41, 5.74) is 4.98. The number of hydrogen-bond donors (Lipinski definition) is 5. The molecule has 0 aromatic heterocycles. The van der Waals surface area contributed by atoms with E-state index in [9.17, 15) is 19.8 Å². The van der Waals surface area contributed by atoms with Crippen molar-refractivity contribution in [3.63, 3.8) is 0 Å². The molecule has 6 N–H and O–H groups in total. The molecule has 2 saturated heterocycles. The topological polar surface area (TPSA) is 164 Å². The standard InChI is InChI=1S/C40H67N3O7/c1-27(23-32(45)38(47)40(7)26-28(2)29(3)30(4)50-40)33-25-34(48-8)39(5,6)35(49-33)24-31(44)19-15-12-10-9-11-13-17-21-37(46)43-22-18-14-16-20-36(41)42/h9-11,13,17,21,27,29-31,33-35,38,44,47H,2,12,14-16,18-20,22-26H2,1,3-8H3,(H3,41,42)(H,43,46)/b10-9+,13-11+,21-17+/t27-,29-,30-,31-,33+,34-,35-,38-,40-/m1/s1. The van der Waals surface area contributed by atoms with Crippen molar-refractivity contribution in [3.8, 4) is 0 Å². The van der Waals surface area contributed by atoms with Gasteiger partial charge in [0.25, 0.3) is 0 Å². The number of ether oxygens (including phenoxy) is 3. The molecule has 2 aliphatic heterocycles. The van der Waals surface area contributed by atoms with E-state index in [1.165, 1.54) is 6.08 Å². The minimum atomic E-state index is -1.26. The third-order valence-corrected chi connectivity index (χ3v) is 10.7. The highest BCUT2D eigenvalue weighted by atomic mass is 16.5. The zero-order valence-corrected chi connectivity index (χ0v) is 31.8. The average molecular weight is 702 g/mol. The third kappa shape index (κ3) is 13.8. The number of ketones is 1. The van der Waals surface area contributed by atoms with Crippen LogP contribution in [0.4, 0.5) is 0 Å². The molecule has 10 heteroatoms. The largest absolute Gasteiger partial charge is 0.393 e. The first-order valence-corrected chi connectivity index (χ1v) is 18.5. The van der Waals surface area contributed by atoms with E-state index in [1.807, 2.05) is 32.1 Å². The molecule has 0 radical (unpaired) electrons. The molecule has 9 atom stereocenters. The number of aliphatic hydroxyl groups is 2. The lowest BCUT2D eigenvalue weighted by Crippen LogP contribution is -2.55. The van der Waals surface area contributed by atoms with Gasteiger partial charge in [0.1, 0.15) is 11.7 Å². The van der Waals surface area contributed by atoms with Crippen molar-refractivity contribution in [1.29, 1.82) is 5.41 Å². The number of amidine groups is 1. The van der Waals surface area contributed by atoms with Gasteiger partial charge in [-0.05, 0) is 51.9 Å². The summed E-state index contributed by atoms with van der Waals surface area (Å²) in [6.45, 7) is 16.8. The molecule has 0 unspecified atom stereocenters. The Bertz CT molecular complexity index is 1200.